The number of hydrogen-bond acceptors (Lipinski definition) is 5. The Bertz CT molecular complexity index is 862. The predicted octanol–water partition coefficient (Wildman–Crippen LogP) is 1.53. The average Bonchev–Trinajstić information content (AvgIpc) is 2.82. The van der Waals surface area contributed by atoms with Crippen molar-refractivity contribution < 1.29 is 14.3 Å². The van der Waals surface area contributed by atoms with Gasteiger partial charge in [0.15, 0.2) is 5.96 Å². The van der Waals surface area contributed by atoms with Gasteiger partial charge in [-0.3, -0.25) is 14.7 Å². The van der Waals surface area contributed by atoms with Gasteiger partial charge in [-0.15, -0.1) is 0 Å². The lowest BCUT2D eigenvalue weighted by atomic mass is 10.0. The highest BCUT2D eigenvalue weighted by molar-refractivity contribution is 5.92. The molecule has 4 N–H and O–H groups in total. The minimum atomic E-state index is -0.426. The molecular formula is C23H31N5O3. The van der Waals surface area contributed by atoms with Crippen LogP contribution < -0.4 is 21.1 Å². The maximum atomic E-state index is 11.2. The second-order valence-corrected chi connectivity index (χ2v) is 7.31. The summed E-state index contributed by atoms with van der Waals surface area (Å²) in [6.45, 7) is 4.53. The van der Waals surface area contributed by atoms with Crippen LogP contribution in [0.25, 0.3) is 0 Å². The molecule has 8 nitrogen and oxygen atoms in total. The number of morpholine rings is 1. The van der Waals surface area contributed by atoms with Gasteiger partial charge in [0.2, 0.25) is 5.91 Å². The standard InChI is InChI=1S/C23H31N5O3/c1-25-23(26-15-17-3-5-19(6-4-17)22(24)29)27-16-21(28-11-13-31-14-12-28)18-7-9-20(30-2)10-8-18/h3-10,21H,11-16H2,1-2H3,(H2,24,29)(H2,25,26,27). The van der Waals surface area contributed by atoms with E-state index in [1.54, 1.807) is 26.3 Å². The molecule has 0 aromatic heterocycles. The first-order chi connectivity index (χ1) is 15.1. The highest BCUT2D eigenvalue weighted by Crippen LogP contribution is 2.23. The van der Waals surface area contributed by atoms with Crippen LogP contribution in [0, 0.1) is 0 Å². The molecule has 1 atom stereocenters. The van der Waals surface area contributed by atoms with Gasteiger partial charge < -0.3 is 25.8 Å². The van der Waals surface area contributed by atoms with E-state index in [0.29, 0.717) is 24.6 Å². The molecule has 166 valence electrons. The summed E-state index contributed by atoms with van der Waals surface area (Å²) in [7, 11) is 3.43. The van der Waals surface area contributed by atoms with E-state index in [1.807, 2.05) is 24.3 Å². The van der Waals surface area contributed by atoms with Crippen LogP contribution >= 0.6 is 0 Å². The molecule has 1 unspecified atom stereocenters. The number of ether oxygens (including phenoxy) is 2. The summed E-state index contributed by atoms with van der Waals surface area (Å²) >= 11 is 0. The maximum Gasteiger partial charge on any atom is 0.248 e. The number of hydrogen-bond donors (Lipinski definition) is 3. The van der Waals surface area contributed by atoms with Crippen LogP contribution in [0.4, 0.5) is 0 Å². The third-order valence-electron chi connectivity index (χ3n) is 5.37. The van der Waals surface area contributed by atoms with E-state index in [1.165, 1.54) is 5.56 Å². The first-order valence-electron chi connectivity index (χ1n) is 10.4. The van der Waals surface area contributed by atoms with Crippen molar-refractivity contribution in [2.75, 3.05) is 47.0 Å². The fourth-order valence-electron chi connectivity index (χ4n) is 3.56. The van der Waals surface area contributed by atoms with Crippen molar-refractivity contribution in [1.82, 2.24) is 15.5 Å². The van der Waals surface area contributed by atoms with E-state index >= 15 is 0 Å². The van der Waals surface area contributed by atoms with Gasteiger partial charge in [0.1, 0.15) is 5.75 Å². The Morgan fingerprint density at radius 3 is 2.39 bits per heavy atom. The number of nitrogens with two attached hydrogens (primary N) is 1. The quantitative estimate of drug-likeness (QED) is 0.438. The molecule has 8 heteroatoms. The third kappa shape index (κ3) is 6.44. The lowest BCUT2D eigenvalue weighted by Gasteiger charge is -2.35. The van der Waals surface area contributed by atoms with Crippen molar-refractivity contribution in [2.45, 2.75) is 12.6 Å². The van der Waals surface area contributed by atoms with Gasteiger partial charge in [0.05, 0.1) is 26.4 Å². The highest BCUT2D eigenvalue weighted by atomic mass is 16.5. The number of carbonyl (C=O) groups excluding carboxylic acids is 1. The molecule has 31 heavy (non-hydrogen) atoms. The van der Waals surface area contributed by atoms with E-state index in [2.05, 4.69) is 32.7 Å². The van der Waals surface area contributed by atoms with Crippen molar-refractivity contribution >= 4 is 11.9 Å². The zero-order chi connectivity index (χ0) is 22.1. The van der Waals surface area contributed by atoms with Gasteiger partial charge in [-0.2, -0.15) is 0 Å². The fraction of sp³-hybridized carbons (Fsp3) is 0.391. The Hall–Kier alpha value is -3.10. The molecule has 0 aliphatic carbocycles. The summed E-state index contributed by atoms with van der Waals surface area (Å²) in [5, 5.41) is 6.77. The molecule has 1 aliphatic heterocycles. The minimum absolute atomic E-state index is 0.184. The molecule has 3 rings (SSSR count). The summed E-state index contributed by atoms with van der Waals surface area (Å²) in [5.74, 6) is 1.13. The van der Waals surface area contributed by atoms with Crippen molar-refractivity contribution in [3.8, 4) is 5.75 Å². The number of carbonyl (C=O) groups is 1. The third-order valence-corrected chi connectivity index (χ3v) is 5.37. The van der Waals surface area contributed by atoms with Crippen LogP contribution in [-0.2, 0) is 11.3 Å². The number of nitrogens with zero attached hydrogens (tertiary/aromatic N) is 2. The molecule has 1 aliphatic rings. The zero-order valence-electron chi connectivity index (χ0n) is 18.1. The minimum Gasteiger partial charge on any atom is -0.497 e. The topological polar surface area (TPSA) is 101 Å². The molecule has 2 aromatic rings. The number of guanidine groups is 1. The second-order valence-electron chi connectivity index (χ2n) is 7.31. The second kappa shape index (κ2) is 11.3. The Morgan fingerprint density at radius 2 is 1.81 bits per heavy atom. The molecule has 2 aromatic carbocycles. The number of aliphatic imine (C=N–C) groups is 1. The molecule has 1 heterocycles. The summed E-state index contributed by atoms with van der Waals surface area (Å²) in [6, 6.07) is 15.6. The number of amides is 1. The molecule has 1 amide bonds. The number of primary amides is 1. The van der Waals surface area contributed by atoms with Crippen LogP contribution in [0.3, 0.4) is 0 Å². The predicted molar refractivity (Wildman–Crippen MR) is 121 cm³/mol. The summed E-state index contributed by atoms with van der Waals surface area (Å²) in [5.41, 5.74) is 8.05. The van der Waals surface area contributed by atoms with Crippen molar-refractivity contribution in [1.29, 1.82) is 0 Å². The number of methoxy groups -OCH3 is 1. The molecule has 1 saturated heterocycles. The summed E-state index contributed by atoms with van der Waals surface area (Å²) in [6.07, 6.45) is 0. The lowest BCUT2D eigenvalue weighted by Crippen LogP contribution is -2.46. The Balaban J connectivity index is 1.61. The van der Waals surface area contributed by atoms with Crippen LogP contribution in [0.15, 0.2) is 53.5 Å². The van der Waals surface area contributed by atoms with Crippen molar-refractivity contribution in [3.63, 3.8) is 0 Å². The molecule has 0 bridgehead atoms. The lowest BCUT2D eigenvalue weighted by molar-refractivity contribution is 0.0170. The average molecular weight is 426 g/mol. The first kappa shape index (κ1) is 22.6. The highest BCUT2D eigenvalue weighted by Gasteiger charge is 2.23. The molecule has 0 spiro atoms. The van der Waals surface area contributed by atoms with Crippen LogP contribution in [0.1, 0.15) is 27.5 Å². The molecular weight excluding hydrogens is 394 g/mol. The van der Waals surface area contributed by atoms with Gasteiger partial charge in [0, 0.05) is 38.8 Å². The van der Waals surface area contributed by atoms with Gasteiger partial charge in [0.25, 0.3) is 0 Å². The van der Waals surface area contributed by atoms with Crippen molar-refractivity contribution in [3.05, 3.63) is 65.2 Å². The Labute approximate surface area is 183 Å². The number of nitrogens with one attached hydrogen (secondary N) is 2. The fourth-order valence-corrected chi connectivity index (χ4v) is 3.56. The largest absolute Gasteiger partial charge is 0.497 e. The Morgan fingerprint density at radius 1 is 1.13 bits per heavy atom. The first-order valence-corrected chi connectivity index (χ1v) is 10.4. The van der Waals surface area contributed by atoms with E-state index in [0.717, 1.165) is 37.6 Å². The van der Waals surface area contributed by atoms with Crippen molar-refractivity contribution in [2.24, 2.45) is 10.7 Å². The smallest absolute Gasteiger partial charge is 0.248 e. The van der Waals surface area contributed by atoms with E-state index in [9.17, 15) is 4.79 Å². The number of benzene rings is 2. The monoisotopic (exact) mass is 425 g/mol. The summed E-state index contributed by atoms with van der Waals surface area (Å²) < 4.78 is 10.8. The van der Waals surface area contributed by atoms with Gasteiger partial charge in [-0.1, -0.05) is 24.3 Å². The Kier molecular flexibility index (Phi) is 8.26. The number of rotatable bonds is 8. The zero-order valence-corrected chi connectivity index (χ0v) is 18.1. The maximum absolute atomic E-state index is 11.2. The normalized spacial score (nSPS) is 15.9. The van der Waals surface area contributed by atoms with E-state index in [-0.39, 0.29) is 6.04 Å². The van der Waals surface area contributed by atoms with Gasteiger partial charge >= 0.3 is 0 Å². The molecule has 1 fully saturated rings. The molecule has 0 saturated carbocycles. The van der Waals surface area contributed by atoms with Gasteiger partial charge in [-0.25, -0.2) is 0 Å². The van der Waals surface area contributed by atoms with Crippen LogP contribution in [0.5, 0.6) is 5.75 Å². The van der Waals surface area contributed by atoms with Gasteiger partial charge in [-0.05, 0) is 35.4 Å². The van der Waals surface area contributed by atoms with Crippen LogP contribution in [0.2, 0.25) is 0 Å². The van der Waals surface area contributed by atoms with Crippen LogP contribution in [-0.4, -0.2) is 63.8 Å². The van der Waals surface area contributed by atoms with E-state index in [4.69, 9.17) is 15.2 Å². The summed E-state index contributed by atoms with van der Waals surface area (Å²) in [4.78, 5) is 18.0. The van der Waals surface area contributed by atoms with E-state index < -0.39 is 5.91 Å². The molecule has 0 radical (unpaired) electrons. The SMILES string of the molecule is CN=C(NCc1ccc(C(N)=O)cc1)NCC(c1ccc(OC)cc1)N1CCOCC1.